The van der Waals surface area contributed by atoms with Gasteiger partial charge in [-0.05, 0) is 52.0 Å². The number of aryl methyl sites for hydroxylation is 2. The highest BCUT2D eigenvalue weighted by Gasteiger charge is 2.35. The van der Waals surface area contributed by atoms with Crippen molar-refractivity contribution in [2.75, 3.05) is 18.0 Å². The van der Waals surface area contributed by atoms with Crippen molar-refractivity contribution < 1.29 is 21.6 Å². The SMILES string of the molecule is Cc1ccc(S(=O)(=O)c2nc(S(=O)(=O)c3ccc(C)cc3)c(N3C[C@H](C)O[C@@H](C)C3)s2)cc1. The van der Waals surface area contributed by atoms with E-state index in [4.69, 9.17) is 4.74 Å². The molecule has 33 heavy (non-hydrogen) atoms. The van der Waals surface area contributed by atoms with E-state index in [1.807, 2.05) is 32.6 Å². The minimum absolute atomic E-state index is 0.0771. The molecular formula is C23H26N2O5S3. The van der Waals surface area contributed by atoms with E-state index < -0.39 is 19.7 Å². The smallest absolute Gasteiger partial charge is 0.233 e. The second kappa shape index (κ2) is 8.83. The molecule has 0 aliphatic carbocycles. The molecule has 0 saturated carbocycles. The summed E-state index contributed by atoms with van der Waals surface area (Å²) in [5.41, 5.74) is 1.85. The summed E-state index contributed by atoms with van der Waals surface area (Å²) in [5.74, 6) is 0. The Morgan fingerprint density at radius 3 is 1.76 bits per heavy atom. The minimum Gasteiger partial charge on any atom is -0.372 e. The summed E-state index contributed by atoms with van der Waals surface area (Å²) in [6.07, 6.45) is -0.272. The highest BCUT2D eigenvalue weighted by atomic mass is 32.2. The van der Waals surface area contributed by atoms with Crippen LogP contribution < -0.4 is 4.90 Å². The van der Waals surface area contributed by atoms with Gasteiger partial charge in [-0.1, -0.05) is 46.7 Å². The molecule has 2 aromatic carbocycles. The van der Waals surface area contributed by atoms with E-state index in [2.05, 4.69) is 4.98 Å². The lowest BCUT2D eigenvalue weighted by Crippen LogP contribution is -2.45. The monoisotopic (exact) mass is 506 g/mol. The normalized spacial score (nSPS) is 19.6. The zero-order valence-corrected chi connectivity index (χ0v) is 21.3. The number of nitrogens with zero attached hydrogens (tertiary/aromatic N) is 2. The zero-order chi connectivity index (χ0) is 24.0. The molecule has 0 radical (unpaired) electrons. The Morgan fingerprint density at radius 1 is 0.818 bits per heavy atom. The van der Waals surface area contributed by atoms with Crippen molar-refractivity contribution in [3.63, 3.8) is 0 Å². The maximum atomic E-state index is 13.6. The number of anilines is 1. The van der Waals surface area contributed by atoms with Crippen LogP contribution in [0.1, 0.15) is 25.0 Å². The predicted molar refractivity (Wildman–Crippen MR) is 128 cm³/mol. The van der Waals surface area contributed by atoms with Crippen LogP contribution >= 0.6 is 11.3 Å². The Morgan fingerprint density at radius 2 is 1.27 bits per heavy atom. The van der Waals surface area contributed by atoms with Gasteiger partial charge in [0.15, 0.2) is 5.03 Å². The predicted octanol–water partition coefficient (Wildman–Crippen LogP) is 4.04. The first-order valence-corrected chi connectivity index (χ1v) is 14.3. The van der Waals surface area contributed by atoms with Gasteiger partial charge < -0.3 is 9.64 Å². The minimum atomic E-state index is -4.05. The van der Waals surface area contributed by atoms with Crippen LogP contribution in [0.3, 0.4) is 0 Å². The summed E-state index contributed by atoms with van der Waals surface area (Å²) < 4.78 is 59.4. The third kappa shape index (κ3) is 4.70. The van der Waals surface area contributed by atoms with E-state index >= 15 is 0 Å². The maximum absolute atomic E-state index is 13.6. The largest absolute Gasteiger partial charge is 0.372 e. The third-order valence-electron chi connectivity index (χ3n) is 5.41. The molecular weight excluding hydrogens is 480 g/mol. The summed E-state index contributed by atoms with van der Waals surface area (Å²) in [5, 5.41) is 0.0894. The average Bonchev–Trinajstić information content (AvgIpc) is 3.21. The maximum Gasteiger partial charge on any atom is 0.233 e. The summed E-state index contributed by atoms with van der Waals surface area (Å²) in [6, 6.07) is 12.9. The molecule has 2 heterocycles. The van der Waals surface area contributed by atoms with Crippen molar-refractivity contribution in [3.8, 4) is 0 Å². The molecule has 0 N–H and O–H groups in total. The molecule has 1 fully saturated rings. The molecule has 2 atom stereocenters. The van der Waals surface area contributed by atoms with Crippen LogP contribution in [-0.4, -0.2) is 47.1 Å². The second-order valence-electron chi connectivity index (χ2n) is 8.39. The number of benzene rings is 2. The molecule has 0 spiro atoms. The van der Waals surface area contributed by atoms with Crippen LogP contribution in [0.15, 0.2) is 67.7 Å². The van der Waals surface area contributed by atoms with Gasteiger partial charge in [0.05, 0.1) is 22.0 Å². The topological polar surface area (TPSA) is 93.6 Å². The van der Waals surface area contributed by atoms with Gasteiger partial charge in [0.25, 0.3) is 0 Å². The first-order valence-electron chi connectivity index (χ1n) is 10.5. The summed E-state index contributed by atoms with van der Waals surface area (Å²) in [6.45, 7) is 8.42. The summed E-state index contributed by atoms with van der Waals surface area (Å²) in [7, 11) is -8.03. The van der Waals surface area contributed by atoms with Crippen LogP contribution in [0.2, 0.25) is 0 Å². The molecule has 0 bridgehead atoms. The fourth-order valence-electron chi connectivity index (χ4n) is 3.76. The molecule has 1 aromatic heterocycles. The fraction of sp³-hybridized carbons (Fsp3) is 0.348. The van der Waals surface area contributed by atoms with E-state index in [9.17, 15) is 16.8 Å². The van der Waals surface area contributed by atoms with Gasteiger partial charge in [0.1, 0.15) is 5.00 Å². The lowest BCUT2D eigenvalue weighted by molar-refractivity contribution is -0.00517. The molecule has 10 heteroatoms. The molecule has 3 aromatic rings. The summed E-state index contributed by atoms with van der Waals surface area (Å²) in [4.78, 5) is 6.26. The van der Waals surface area contributed by atoms with E-state index in [1.54, 1.807) is 24.3 Å². The number of rotatable bonds is 5. The van der Waals surface area contributed by atoms with Crippen molar-refractivity contribution in [2.24, 2.45) is 0 Å². The van der Waals surface area contributed by atoms with Crippen molar-refractivity contribution in [1.29, 1.82) is 0 Å². The molecule has 0 amide bonds. The fourth-order valence-corrected chi connectivity index (χ4v) is 8.20. The van der Waals surface area contributed by atoms with Crippen LogP contribution in [-0.2, 0) is 24.4 Å². The van der Waals surface area contributed by atoms with E-state index in [1.165, 1.54) is 24.3 Å². The molecule has 1 saturated heterocycles. The van der Waals surface area contributed by atoms with Gasteiger partial charge in [0.2, 0.25) is 24.0 Å². The molecule has 0 unspecified atom stereocenters. The lowest BCUT2D eigenvalue weighted by Gasteiger charge is -2.36. The van der Waals surface area contributed by atoms with Gasteiger partial charge >= 0.3 is 0 Å². The molecule has 1 aliphatic rings. The zero-order valence-electron chi connectivity index (χ0n) is 18.8. The Balaban J connectivity index is 1.88. The van der Waals surface area contributed by atoms with Crippen LogP contribution in [0, 0.1) is 13.8 Å². The summed E-state index contributed by atoms with van der Waals surface area (Å²) >= 11 is 0.893. The highest BCUT2D eigenvalue weighted by Crippen LogP contribution is 2.40. The van der Waals surface area contributed by atoms with Crippen molar-refractivity contribution in [3.05, 3.63) is 59.7 Å². The Labute approximate surface area is 198 Å². The van der Waals surface area contributed by atoms with Crippen molar-refractivity contribution in [1.82, 2.24) is 4.98 Å². The van der Waals surface area contributed by atoms with Gasteiger partial charge in [-0.3, -0.25) is 0 Å². The molecule has 7 nitrogen and oxygen atoms in total. The molecule has 4 rings (SSSR count). The molecule has 1 aliphatic heterocycles. The van der Waals surface area contributed by atoms with Gasteiger partial charge in [-0.2, -0.15) is 0 Å². The second-order valence-corrected chi connectivity index (χ2v) is 13.4. The number of morpholine rings is 1. The number of thiazole rings is 1. The highest BCUT2D eigenvalue weighted by molar-refractivity contribution is 7.94. The first kappa shape index (κ1) is 23.9. The third-order valence-corrected chi connectivity index (χ3v) is 10.5. The van der Waals surface area contributed by atoms with Crippen LogP contribution in [0.25, 0.3) is 0 Å². The average molecular weight is 507 g/mol. The van der Waals surface area contributed by atoms with Gasteiger partial charge in [0, 0.05) is 13.1 Å². The molecule has 176 valence electrons. The van der Waals surface area contributed by atoms with Gasteiger partial charge in [-0.25, -0.2) is 21.8 Å². The number of hydrogen-bond acceptors (Lipinski definition) is 8. The number of aromatic nitrogens is 1. The Hall–Kier alpha value is -2.27. The van der Waals surface area contributed by atoms with E-state index in [-0.39, 0.29) is 31.4 Å². The Kier molecular flexibility index (Phi) is 6.38. The lowest BCUT2D eigenvalue weighted by atomic mass is 10.2. The quantitative estimate of drug-likeness (QED) is 0.516. The van der Waals surface area contributed by atoms with Gasteiger partial charge in [-0.15, -0.1) is 0 Å². The number of hydrogen-bond donors (Lipinski definition) is 0. The standard InChI is InChI=1S/C23H26N2O5S3/c1-15-5-9-19(10-6-15)32(26,27)21-22(25-13-17(3)30-18(4)14-25)31-23(24-21)33(28,29)20-11-7-16(2)8-12-20/h5-12,17-18H,13-14H2,1-4H3/t17-,18-/m0/s1. The van der Waals surface area contributed by atoms with Crippen LogP contribution in [0.4, 0.5) is 5.00 Å². The van der Waals surface area contributed by atoms with E-state index in [0.29, 0.717) is 18.1 Å². The van der Waals surface area contributed by atoms with Crippen LogP contribution in [0.5, 0.6) is 0 Å². The number of sulfone groups is 2. The van der Waals surface area contributed by atoms with E-state index in [0.717, 1.165) is 22.5 Å². The van der Waals surface area contributed by atoms with Crippen molar-refractivity contribution >= 4 is 36.0 Å². The first-order chi connectivity index (χ1) is 15.5. The Bertz CT molecular complexity index is 1350. The van der Waals surface area contributed by atoms with Crippen molar-refractivity contribution in [2.45, 2.75) is 59.1 Å². The number of ether oxygens (including phenoxy) is 1.